The molecular weight excluding hydrogens is 807 g/mol. The summed E-state index contributed by atoms with van der Waals surface area (Å²) in [6.45, 7) is 15.3. The summed E-state index contributed by atoms with van der Waals surface area (Å²) in [7, 11) is 0. The average Bonchev–Trinajstić information content (AvgIpc) is 3.72. The Morgan fingerprint density at radius 2 is 1.43 bits per heavy atom. The van der Waals surface area contributed by atoms with Crippen LogP contribution in [0.25, 0.3) is 38.6 Å². The van der Waals surface area contributed by atoms with Crippen LogP contribution in [0.3, 0.4) is 0 Å². The molecule has 1 atom stereocenters. The molecule has 0 amide bonds. The number of nitrogens with zero attached hydrogens (tertiary/aromatic N) is 6. The van der Waals surface area contributed by atoms with E-state index in [0.717, 1.165) is 61.9 Å². The van der Waals surface area contributed by atoms with Gasteiger partial charge in [-0.05, 0) is 124 Å². The first-order chi connectivity index (χ1) is 31.0. The SMILES string of the molecule is CC(C)(Cc1ccc2c3cc4c(cc3n(-c3cc(C#N)cc(C#N)c3F)c2c1)C(C)(C)c1ccccc1-4)c1ccc(N(C2=CCC(C(C)(C)C)C=C2)c2ccc(C#N)c(F)c2C#N)cc1. The van der Waals surface area contributed by atoms with Gasteiger partial charge in [-0.15, -0.1) is 0 Å². The Bertz CT molecular complexity index is 3380. The Kier molecular flexibility index (Phi) is 10.1. The highest BCUT2D eigenvalue weighted by molar-refractivity contribution is 6.12. The third kappa shape index (κ3) is 6.95. The molecule has 0 spiro atoms. The molecule has 0 N–H and O–H groups in total. The van der Waals surface area contributed by atoms with Crippen molar-refractivity contribution in [3.8, 4) is 41.1 Å². The smallest absolute Gasteiger partial charge is 0.165 e. The zero-order valence-electron chi connectivity index (χ0n) is 37.5. The quantitative estimate of drug-likeness (QED) is 0.159. The van der Waals surface area contributed by atoms with Gasteiger partial charge in [0.25, 0.3) is 0 Å². The van der Waals surface area contributed by atoms with Crippen molar-refractivity contribution in [3.63, 3.8) is 0 Å². The second kappa shape index (κ2) is 15.5. The van der Waals surface area contributed by atoms with Crippen LogP contribution in [-0.2, 0) is 17.3 Å². The first-order valence-corrected chi connectivity index (χ1v) is 21.8. The first-order valence-electron chi connectivity index (χ1n) is 21.8. The predicted octanol–water partition coefficient (Wildman–Crippen LogP) is 14.0. The molecule has 6 aromatic carbocycles. The minimum atomic E-state index is -0.844. The molecule has 318 valence electrons. The lowest BCUT2D eigenvalue weighted by molar-refractivity contribution is 0.293. The molecule has 0 aliphatic heterocycles. The first kappa shape index (κ1) is 42.5. The third-order valence-corrected chi connectivity index (χ3v) is 13.7. The number of allylic oxidation sites excluding steroid dienone is 3. The summed E-state index contributed by atoms with van der Waals surface area (Å²) in [5, 5.41) is 41.6. The molecule has 9 rings (SSSR count). The molecule has 0 fully saturated rings. The molecule has 6 nitrogen and oxygen atoms in total. The lowest BCUT2D eigenvalue weighted by atomic mass is 9.77. The molecule has 1 aromatic heterocycles. The van der Waals surface area contributed by atoms with Crippen molar-refractivity contribution < 1.29 is 8.78 Å². The molecule has 1 heterocycles. The summed E-state index contributed by atoms with van der Waals surface area (Å²) in [6, 6.07) is 41.0. The van der Waals surface area contributed by atoms with E-state index in [4.69, 9.17) is 0 Å². The average molecular weight is 853 g/mol. The van der Waals surface area contributed by atoms with Crippen molar-refractivity contribution in [2.24, 2.45) is 11.3 Å². The molecule has 65 heavy (non-hydrogen) atoms. The van der Waals surface area contributed by atoms with Crippen LogP contribution in [0, 0.1) is 68.3 Å². The Hall–Kier alpha value is -7.78. The molecule has 0 bridgehead atoms. The summed E-state index contributed by atoms with van der Waals surface area (Å²) in [5.74, 6) is -1.23. The predicted molar refractivity (Wildman–Crippen MR) is 254 cm³/mol. The number of halogens is 2. The van der Waals surface area contributed by atoms with E-state index < -0.39 is 17.0 Å². The van der Waals surface area contributed by atoms with E-state index in [1.165, 1.54) is 29.3 Å². The van der Waals surface area contributed by atoms with Gasteiger partial charge in [-0.25, -0.2) is 8.78 Å². The fraction of sp³-hybridized carbons (Fsp3) is 0.228. The second-order valence-electron chi connectivity index (χ2n) is 19.5. The number of aromatic nitrogens is 1. The van der Waals surface area contributed by atoms with Crippen LogP contribution in [0.15, 0.2) is 127 Å². The van der Waals surface area contributed by atoms with Gasteiger partial charge in [0.05, 0.1) is 45.2 Å². The van der Waals surface area contributed by atoms with Crippen molar-refractivity contribution in [2.45, 2.75) is 72.1 Å². The molecule has 1 unspecified atom stereocenters. The van der Waals surface area contributed by atoms with E-state index in [2.05, 4.69) is 133 Å². The van der Waals surface area contributed by atoms with Gasteiger partial charge in [0.2, 0.25) is 0 Å². The van der Waals surface area contributed by atoms with E-state index in [9.17, 15) is 21.0 Å². The van der Waals surface area contributed by atoms with Crippen LogP contribution in [0.5, 0.6) is 0 Å². The lowest BCUT2D eigenvalue weighted by Gasteiger charge is -2.34. The lowest BCUT2D eigenvalue weighted by Crippen LogP contribution is -2.24. The highest BCUT2D eigenvalue weighted by Gasteiger charge is 2.37. The van der Waals surface area contributed by atoms with E-state index in [-0.39, 0.29) is 38.8 Å². The summed E-state index contributed by atoms with van der Waals surface area (Å²) < 4.78 is 34.0. The van der Waals surface area contributed by atoms with E-state index >= 15 is 8.78 Å². The van der Waals surface area contributed by atoms with Crippen LogP contribution >= 0.6 is 0 Å². The van der Waals surface area contributed by atoms with Crippen LogP contribution in [0.2, 0.25) is 0 Å². The number of hydrogen-bond acceptors (Lipinski definition) is 5. The molecule has 8 heteroatoms. The van der Waals surface area contributed by atoms with Gasteiger partial charge in [-0.1, -0.05) is 109 Å². The molecular formula is C57H46F2N6. The maximum atomic E-state index is 16.5. The Morgan fingerprint density at radius 3 is 2.09 bits per heavy atom. The molecule has 7 aromatic rings. The molecule has 2 aliphatic carbocycles. The van der Waals surface area contributed by atoms with Crippen LogP contribution in [0.4, 0.5) is 20.2 Å². The van der Waals surface area contributed by atoms with Gasteiger partial charge in [0.15, 0.2) is 11.6 Å². The van der Waals surface area contributed by atoms with E-state index in [0.29, 0.717) is 18.0 Å². The van der Waals surface area contributed by atoms with Crippen LogP contribution in [0.1, 0.15) is 99.4 Å². The maximum Gasteiger partial charge on any atom is 0.165 e. The fourth-order valence-electron chi connectivity index (χ4n) is 10.0. The highest BCUT2D eigenvalue weighted by Crippen LogP contribution is 2.51. The summed E-state index contributed by atoms with van der Waals surface area (Å²) in [6.07, 6.45) is 7.70. The maximum absolute atomic E-state index is 16.5. The topological polar surface area (TPSA) is 103 Å². The fourth-order valence-corrected chi connectivity index (χ4v) is 10.0. The largest absolute Gasteiger partial charge is 0.309 e. The number of rotatable bonds is 7. The Labute approximate surface area is 378 Å². The van der Waals surface area contributed by atoms with Crippen molar-refractivity contribution in [2.75, 3.05) is 4.90 Å². The zero-order chi connectivity index (χ0) is 46.2. The molecule has 0 saturated carbocycles. The standard InChI is InChI=1S/C57H46F2N6/c1-55(2,3)38-14-18-40(19-15-38)64(49-23-13-36(31-61)53(58)46(49)33-63)41-20-16-39(17-21-41)56(4,5)29-34-12-22-43-45-27-44-42-10-8-9-11-47(42)57(6,7)48(44)28-51(45)65(50(43)25-34)52-26-35(30-60)24-37(32-62)54(52)59/h8-14,16-28,38H,15,29H2,1-7H3. The van der Waals surface area contributed by atoms with Gasteiger partial charge in [0.1, 0.15) is 23.8 Å². The van der Waals surface area contributed by atoms with Crippen molar-refractivity contribution in [3.05, 3.63) is 183 Å². The number of hydrogen-bond donors (Lipinski definition) is 0. The second-order valence-corrected chi connectivity index (χ2v) is 19.5. The number of anilines is 2. The van der Waals surface area contributed by atoms with Gasteiger partial charge in [-0.3, -0.25) is 0 Å². The van der Waals surface area contributed by atoms with Crippen LogP contribution in [-0.4, -0.2) is 4.57 Å². The Balaban J connectivity index is 1.14. The van der Waals surface area contributed by atoms with Crippen molar-refractivity contribution in [1.29, 1.82) is 21.0 Å². The normalized spacial score (nSPS) is 15.1. The molecule has 0 radical (unpaired) electrons. The van der Waals surface area contributed by atoms with Gasteiger partial charge < -0.3 is 9.47 Å². The van der Waals surface area contributed by atoms with Crippen molar-refractivity contribution >= 4 is 33.2 Å². The van der Waals surface area contributed by atoms with E-state index in [1.807, 2.05) is 45.9 Å². The molecule has 0 saturated heterocycles. The zero-order valence-corrected chi connectivity index (χ0v) is 37.5. The van der Waals surface area contributed by atoms with Gasteiger partial charge >= 0.3 is 0 Å². The third-order valence-electron chi connectivity index (χ3n) is 13.7. The van der Waals surface area contributed by atoms with Crippen molar-refractivity contribution in [1.82, 2.24) is 4.57 Å². The number of fused-ring (bicyclic) bond motifs is 6. The minimum Gasteiger partial charge on any atom is -0.309 e. The summed E-state index contributed by atoms with van der Waals surface area (Å²) in [4.78, 5) is 1.88. The number of benzene rings is 6. The van der Waals surface area contributed by atoms with Gasteiger partial charge in [0, 0.05) is 27.6 Å². The Morgan fingerprint density at radius 1 is 0.708 bits per heavy atom. The summed E-state index contributed by atoms with van der Waals surface area (Å²) >= 11 is 0. The minimum absolute atomic E-state index is 0.0415. The van der Waals surface area contributed by atoms with E-state index in [1.54, 1.807) is 6.07 Å². The number of nitriles is 4. The monoisotopic (exact) mass is 852 g/mol. The summed E-state index contributed by atoms with van der Waals surface area (Å²) in [5.41, 5.74) is 9.19. The van der Waals surface area contributed by atoms with Crippen LogP contribution < -0.4 is 4.90 Å². The highest BCUT2D eigenvalue weighted by atomic mass is 19.1. The molecule has 2 aliphatic rings. The van der Waals surface area contributed by atoms with Gasteiger partial charge in [-0.2, -0.15) is 21.0 Å².